The molecule has 0 bridgehead atoms. The van der Waals surface area contributed by atoms with E-state index in [0.29, 0.717) is 17.9 Å². The number of nitrogen functional groups attached to an aromatic ring is 2. The van der Waals surface area contributed by atoms with Crippen LogP contribution in [0.15, 0.2) is 27.9 Å². The van der Waals surface area contributed by atoms with E-state index in [4.69, 9.17) is 16.2 Å². The molecule has 5 N–H and O–H groups in total. The number of nitrogens with zero attached hydrogens (tertiary/aromatic N) is 1. The van der Waals surface area contributed by atoms with Crippen molar-refractivity contribution in [2.45, 2.75) is 18.2 Å². The number of hydrogen-bond acceptors (Lipinski definition) is 7. The number of hydrogen-bond donors (Lipinski definition) is 3. The van der Waals surface area contributed by atoms with Crippen LogP contribution in [0.3, 0.4) is 0 Å². The molecule has 0 amide bonds. The first-order valence-electron chi connectivity index (χ1n) is 6.86. The Hall–Kier alpha value is -2.55. The summed E-state index contributed by atoms with van der Waals surface area (Å²) in [4.78, 5) is 18.4. The van der Waals surface area contributed by atoms with Crippen LogP contribution in [0.1, 0.15) is 13.3 Å². The Bertz CT molecular complexity index is 890. The van der Waals surface area contributed by atoms with Crippen molar-refractivity contribution in [2.24, 2.45) is 0 Å². The highest BCUT2D eigenvalue weighted by atomic mass is 32.2. The fraction of sp³-hybridized carbons (Fsp3) is 0.286. The molecule has 0 saturated carbocycles. The van der Waals surface area contributed by atoms with E-state index >= 15 is 0 Å². The number of benzene rings is 1. The molecule has 1 aromatic carbocycles. The van der Waals surface area contributed by atoms with Crippen molar-refractivity contribution in [3.05, 3.63) is 28.6 Å². The Balaban J connectivity index is 2.68. The Kier molecular flexibility index (Phi) is 4.60. The lowest BCUT2D eigenvalue weighted by molar-refractivity contribution is 0.318. The van der Waals surface area contributed by atoms with Gasteiger partial charge in [-0.25, -0.2) is 13.4 Å². The zero-order valence-corrected chi connectivity index (χ0v) is 13.6. The van der Waals surface area contributed by atoms with Gasteiger partial charge in [-0.15, -0.1) is 0 Å². The van der Waals surface area contributed by atoms with Gasteiger partial charge in [-0.1, -0.05) is 6.92 Å². The van der Waals surface area contributed by atoms with Crippen molar-refractivity contribution in [1.29, 1.82) is 0 Å². The third-order valence-corrected chi connectivity index (χ3v) is 4.19. The Labute approximate surface area is 133 Å². The molecular weight excluding hydrogens is 320 g/mol. The molecular formula is C14H18N4O4S. The van der Waals surface area contributed by atoms with Crippen LogP contribution in [-0.2, 0) is 9.84 Å². The lowest BCUT2D eigenvalue weighted by Crippen LogP contribution is -2.17. The summed E-state index contributed by atoms with van der Waals surface area (Å²) in [5, 5.41) is 0. The first-order chi connectivity index (χ1) is 10.7. The molecule has 23 heavy (non-hydrogen) atoms. The van der Waals surface area contributed by atoms with Crippen molar-refractivity contribution in [3.8, 4) is 17.1 Å². The predicted molar refractivity (Wildman–Crippen MR) is 88.0 cm³/mol. The van der Waals surface area contributed by atoms with Crippen molar-refractivity contribution in [2.75, 3.05) is 24.3 Å². The molecule has 0 saturated heterocycles. The third-order valence-electron chi connectivity index (χ3n) is 3.08. The van der Waals surface area contributed by atoms with E-state index < -0.39 is 15.4 Å². The zero-order chi connectivity index (χ0) is 17.2. The van der Waals surface area contributed by atoms with Crippen molar-refractivity contribution in [3.63, 3.8) is 0 Å². The summed E-state index contributed by atoms with van der Waals surface area (Å²) in [5.41, 5.74) is 10.6. The maximum atomic E-state index is 11.8. The average molecular weight is 338 g/mol. The molecule has 0 spiro atoms. The topological polar surface area (TPSA) is 141 Å². The number of aromatic amines is 1. The predicted octanol–water partition coefficient (Wildman–Crippen LogP) is 0.794. The maximum absolute atomic E-state index is 11.8. The number of rotatable bonds is 5. The normalized spacial score (nSPS) is 11.4. The molecule has 0 aliphatic heterocycles. The number of ether oxygens (including phenoxy) is 1. The Morgan fingerprint density at radius 1 is 1.30 bits per heavy atom. The molecule has 8 nitrogen and oxygen atoms in total. The Morgan fingerprint density at radius 3 is 2.57 bits per heavy atom. The first-order valence-corrected chi connectivity index (χ1v) is 8.75. The molecule has 9 heteroatoms. The Morgan fingerprint density at radius 2 is 2.00 bits per heavy atom. The van der Waals surface area contributed by atoms with Gasteiger partial charge in [0, 0.05) is 6.26 Å². The smallest absolute Gasteiger partial charge is 0.276 e. The number of nitrogens with one attached hydrogen (secondary N) is 1. The van der Waals surface area contributed by atoms with Gasteiger partial charge in [-0.05, 0) is 24.6 Å². The van der Waals surface area contributed by atoms with E-state index in [1.165, 1.54) is 18.2 Å². The second kappa shape index (κ2) is 6.29. The van der Waals surface area contributed by atoms with Gasteiger partial charge < -0.3 is 21.2 Å². The molecule has 0 radical (unpaired) electrons. The highest BCUT2D eigenvalue weighted by Gasteiger charge is 2.16. The van der Waals surface area contributed by atoms with Crippen LogP contribution in [0.5, 0.6) is 5.75 Å². The molecule has 124 valence electrons. The minimum atomic E-state index is -3.43. The molecule has 0 fully saturated rings. The van der Waals surface area contributed by atoms with E-state index in [1.54, 1.807) is 0 Å². The molecule has 1 aromatic heterocycles. The van der Waals surface area contributed by atoms with Gasteiger partial charge in [0.05, 0.1) is 17.1 Å². The maximum Gasteiger partial charge on any atom is 0.276 e. The van der Waals surface area contributed by atoms with Gasteiger partial charge >= 0.3 is 0 Å². The standard InChI is InChI=1S/C14H18N4O4S/c1-3-6-22-10-5-4-8(23(2,20)21)7-9(10)13-17-12(16)11(15)14(19)18-13/h4-5,7H,3,6,15H2,1-2H3,(H3,16,17,18,19). The molecule has 0 atom stereocenters. The van der Waals surface area contributed by atoms with Crippen molar-refractivity contribution >= 4 is 21.3 Å². The lowest BCUT2D eigenvalue weighted by atomic mass is 10.2. The second-order valence-corrected chi connectivity index (χ2v) is 7.01. The highest BCUT2D eigenvalue weighted by molar-refractivity contribution is 7.90. The summed E-state index contributed by atoms with van der Waals surface area (Å²) in [5.74, 6) is 0.361. The highest BCUT2D eigenvalue weighted by Crippen LogP contribution is 2.30. The van der Waals surface area contributed by atoms with Crippen LogP contribution in [0.25, 0.3) is 11.4 Å². The summed E-state index contributed by atoms with van der Waals surface area (Å²) < 4.78 is 29.1. The van der Waals surface area contributed by atoms with Gasteiger partial charge in [0.25, 0.3) is 5.56 Å². The van der Waals surface area contributed by atoms with Crippen LogP contribution in [0, 0.1) is 0 Å². The van der Waals surface area contributed by atoms with Gasteiger partial charge in [0.15, 0.2) is 15.7 Å². The van der Waals surface area contributed by atoms with Crippen LogP contribution >= 0.6 is 0 Å². The van der Waals surface area contributed by atoms with Crippen LogP contribution in [0.4, 0.5) is 11.5 Å². The van der Waals surface area contributed by atoms with E-state index in [-0.39, 0.29) is 22.2 Å². The second-order valence-electron chi connectivity index (χ2n) is 4.99. The number of sulfone groups is 1. The largest absolute Gasteiger partial charge is 0.493 e. The minimum Gasteiger partial charge on any atom is -0.493 e. The molecule has 2 aromatic rings. The summed E-state index contributed by atoms with van der Waals surface area (Å²) in [6.07, 6.45) is 1.85. The van der Waals surface area contributed by atoms with Gasteiger partial charge in [-0.3, -0.25) is 4.79 Å². The number of anilines is 2. The van der Waals surface area contributed by atoms with Gasteiger partial charge in [0.2, 0.25) is 0 Å². The van der Waals surface area contributed by atoms with Crippen LogP contribution in [0.2, 0.25) is 0 Å². The van der Waals surface area contributed by atoms with E-state index in [1.807, 2.05) is 6.92 Å². The lowest BCUT2D eigenvalue weighted by Gasteiger charge is -2.12. The number of aromatic nitrogens is 2. The quantitative estimate of drug-likeness (QED) is 0.731. The summed E-state index contributed by atoms with van der Waals surface area (Å²) >= 11 is 0. The van der Waals surface area contributed by atoms with Crippen molar-refractivity contribution < 1.29 is 13.2 Å². The molecule has 2 rings (SSSR count). The van der Waals surface area contributed by atoms with E-state index in [9.17, 15) is 13.2 Å². The molecule has 0 aliphatic rings. The van der Waals surface area contributed by atoms with Crippen LogP contribution in [-0.4, -0.2) is 31.2 Å². The zero-order valence-electron chi connectivity index (χ0n) is 12.8. The summed E-state index contributed by atoms with van der Waals surface area (Å²) in [7, 11) is -3.43. The fourth-order valence-corrected chi connectivity index (χ4v) is 2.54. The summed E-state index contributed by atoms with van der Waals surface area (Å²) in [6.45, 7) is 2.37. The number of nitrogens with two attached hydrogens (primary N) is 2. The SMILES string of the molecule is CCCOc1ccc(S(C)(=O)=O)cc1-c1nc(N)c(N)c(=O)[nH]1. The first kappa shape index (κ1) is 16.8. The van der Waals surface area contributed by atoms with Crippen molar-refractivity contribution in [1.82, 2.24) is 9.97 Å². The fourth-order valence-electron chi connectivity index (χ4n) is 1.89. The van der Waals surface area contributed by atoms with Gasteiger partial charge in [-0.2, -0.15) is 0 Å². The molecule has 0 unspecified atom stereocenters. The number of H-pyrrole nitrogens is 1. The third kappa shape index (κ3) is 3.62. The average Bonchev–Trinajstić information content (AvgIpc) is 2.49. The molecule has 0 aliphatic carbocycles. The molecule has 1 heterocycles. The van der Waals surface area contributed by atoms with E-state index in [2.05, 4.69) is 9.97 Å². The van der Waals surface area contributed by atoms with Crippen LogP contribution < -0.4 is 21.8 Å². The minimum absolute atomic E-state index is 0.0781. The van der Waals surface area contributed by atoms with Gasteiger partial charge in [0.1, 0.15) is 17.3 Å². The van der Waals surface area contributed by atoms with E-state index in [0.717, 1.165) is 12.7 Å². The monoisotopic (exact) mass is 338 g/mol. The summed E-state index contributed by atoms with van der Waals surface area (Å²) in [6, 6.07) is 4.34.